The van der Waals surface area contributed by atoms with E-state index in [1.54, 1.807) is 11.3 Å². The number of nitrogens with one attached hydrogen (secondary N) is 3. The zero-order valence-corrected chi connectivity index (χ0v) is 14.5. The molecule has 25 heavy (non-hydrogen) atoms. The molecule has 3 N–H and O–H groups in total. The Labute approximate surface area is 149 Å². The minimum Gasteiger partial charge on any atom is -0.350 e. The minimum atomic E-state index is -0.112. The number of H-pyrrole nitrogens is 1. The van der Waals surface area contributed by atoms with E-state index < -0.39 is 0 Å². The number of aromatic nitrogens is 3. The van der Waals surface area contributed by atoms with Crippen molar-refractivity contribution < 1.29 is 4.79 Å². The van der Waals surface area contributed by atoms with Crippen molar-refractivity contribution in [1.29, 1.82) is 0 Å². The molecule has 0 atom stereocenters. The molecule has 2 aromatic heterocycles. The smallest absolute Gasteiger partial charge is 0.272 e. The van der Waals surface area contributed by atoms with Crippen molar-refractivity contribution in [2.45, 2.75) is 19.4 Å². The number of rotatable bonds is 5. The van der Waals surface area contributed by atoms with Crippen molar-refractivity contribution in [1.82, 2.24) is 25.8 Å². The number of carbonyl (C=O) groups is 1. The van der Waals surface area contributed by atoms with Crippen LogP contribution >= 0.6 is 11.3 Å². The molecule has 1 aliphatic heterocycles. The van der Waals surface area contributed by atoms with Gasteiger partial charge in [0.05, 0.1) is 16.4 Å². The summed E-state index contributed by atoms with van der Waals surface area (Å²) in [7, 11) is 0. The van der Waals surface area contributed by atoms with E-state index in [0.29, 0.717) is 12.2 Å². The summed E-state index contributed by atoms with van der Waals surface area (Å²) in [6.45, 7) is 2.19. The van der Waals surface area contributed by atoms with Crippen LogP contribution < -0.4 is 10.6 Å². The maximum absolute atomic E-state index is 12.4. The average molecular weight is 353 g/mol. The summed E-state index contributed by atoms with van der Waals surface area (Å²) in [6, 6.07) is 10.1. The summed E-state index contributed by atoms with van der Waals surface area (Å²) < 4.78 is 0. The van der Waals surface area contributed by atoms with Crippen LogP contribution in [0.2, 0.25) is 0 Å². The van der Waals surface area contributed by atoms with Crippen molar-refractivity contribution in [3.63, 3.8) is 0 Å². The molecule has 6 nitrogen and oxygen atoms in total. The van der Waals surface area contributed by atoms with Crippen molar-refractivity contribution in [2.24, 2.45) is 0 Å². The number of benzene rings is 1. The van der Waals surface area contributed by atoms with E-state index in [2.05, 4.69) is 43.3 Å². The van der Waals surface area contributed by atoms with E-state index >= 15 is 0 Å². The number of nitrogens with zero attached hydrogens (tertiary/aromatic N) is 2. The number of thiazole rings is 1. The summed E-state index contributed by atoms with van der Waals surface area (Å²) in [6.07, 6.45) is 1.55. The fourth-order valence-electron chi connectivity index (χ4n) is 2.97. The molecule has 3 aromatic rings. The summed E-state index contributed by atoms with van der Waals surface area (Å²) in [5.41, 5.74) is 4.69. The Morgan fingerprint density at radius 1 is 1.28 bits per heavy atom. The topological polar surface area (TPSA) is 82.7 Å². The summed E-state index contributed by atoms with van der Waals surface area (Å²) in [5.74, 6) is -0.112. The monoisotopic (exact) mass is 353 g/mol. The van der Waals surface area contributed by atoms with Gasteiger partial charge in [-0.3, -0.25) is 9.89 Å². The molecule has 0 saturated carbocycles. The molecular formula is C18H19N5OS. The predicted octanol–water partition coefficient (Wildman–Crippen LogP) is 2.15. The number of aromatic amines is 1. The lowest BCUT2D eigenvalue weighted by atomic mass is 10.1. The lowest BCUT2D eigenvalue weighted by Gasteiger charge is -2.12. The molecular weight excluding hydrogens is 334 g/mol. The zero-order valence-electron chi connectivity index (χ0n) is 13.7. The van der Waals surface area contributed by atoms with Crippen molar-refractivity contribution in [3.05, 3.63) is 57.7 Å². The van der Waals surface area contributed by atoms with E-state index in [9.17, 15) is 4.79 Å². The first-order valence-corrected chi connectivity index (χ1v) is 9.24. The molecule has 4 rings (SSSR count). The highest BCUT2D eigenvalue weighted by Crippen LogP contribution is 2.21. The van der Waals surface area contributed by atoms with Gasteiger partial charge in [-0.1, -0.05) is 30.3 Å². The van der Waals surface area contributed by atoms with Gasteiger partial charge in [-0.25, -0.2) is 4.98 Å². The molecule has 7 heteroatoms. The number of hydrogen-bond acceptors (Lipinski definition) is 5. The van der Waals surface area contributed by atoms with Gasteiger partial charge in [-0.2, -0.15) is 5.10 Å². The second-order valence-electron chi connectivity index (χ2n) is 5.95. The predicted molar refractivity (Wildman–Crippen MR) is 97.6 cm³/mol. The van der Waals surface area contributed by atoms with E-state index in [4.69, 9.17) is 0 Å². The maximum Gasteiger partial charge on any atom is 0.272 e. The quantitative estimate of drug-likeness (QED) is 0.656. The van der Waals surface area contributed by atoms with Gasteiger partial charge >= 0.3 is 0 Å². The van der Waals surface area contributed by atoms with Crippen molar-refractivity contribution in [3.8, 4) is 11.3 Å². The third-order valence-electron chi connectivity index (χ3n) is 4.27. The van der Waals surface area contributed by atoms with Crippen molar-refractivity contribution >= 4 is 17.2 Å². The largest absolute Gasteiger partial charge is 0.350 e. The van der Waals surface area contributed by atoms with Crippen LogP contribution in [0.25, 0.3) is 11.3 Å². The van der Waals surface area contributed by atoms with Crippen LogP contribution in [0.5, 0.6) is 0 Å². The highest BCUT2D eigenvalue weighted by atomic mass is 32.1. The average Bonchev–Trinajstić information content (AvgIpc) is 3.29. The molecule has 0 fully saturated rings. The first-order valence-electron chi connectivity index (χ1n) is 8.36. The van der Waals surface area contributed by atoms with Gasteiger partial charge in [0.15, 0.2) is 5.69 Å². The molecule has 1 aliphatic rings. The van der Waals surface area contributed by atoms with Crippen LogP contribution in [-0.4, -0.2) is 34.2 Å². The summed E-state index contributed by atoms with van der Waals surface area (Å²) >= 11 is 1.62. The van der Waals surface area contributed by atoms with Gasteiger partial charge in [0.1, 0.15) is 0 Å². The number of hydrogen-bond donors (Lipinski definition) is 3. The summed E-state index contributed by atoms with van der Waals surface area (Å²) in [5, 5.41) is 16.4. The second-order valence-corrected chi connectivity index (χ2v) is 6.90. The van der Waals surface area contributed by atoms with E-state index in [1.165, 1.54) is 0 Å². The molecule has 1 aromatic carbocycles. The van der Waals surface area contributed by atoms with Gasteiger partial charge in [0.25, 0.3) is 5.91 Å². The Balaban J connectivity index is 1.34. The van der Waals surface area contributed by atoms with Gasteiger partial charge in [0, 0.05) is 36.0 Å². The van der Waals surface area contributed by atoms with E-state index in [0.717, 1.165) is 53.5 Å². The first kappa shape index (κ1) is 16.0. The van der Waals surface area contributed by atoms with Gasteiger partial charge in [-0.15, -0.1) is 11.3 Å². The van der Waals surface area contributed by atoms with Gasteiger partial charge in [0.2, 0.25) is 0 Å². The van der Waals surface area contributed by atoms with Crippen LogP contribution in [0.4, 0.5) is 0 Å². The zero-order chi connectivity index (χ0) is 17.1. The third-order valence-corrected chi connectivity index (χ3v) is 5.18. The molecule has 0 unspecified atom stereocenters. The molecule has 0 bridgehead atoms. The molecule has 1 amide bonds. The lowest BCUT2D eigenvalue weighted by molar-refractivity contribution is 0.0948. The Bertz CT molecular complexity index is 871. The molecule has 3 heterocycles. The summed E-state index contributed by atoms with van der Waals surface area (Å²) in [4.78, 5) is 17.0. The Hall–Kier alpha value is -2.51. The molecule has 0 saturated heterocycles. The maximum atomic E-state index is 12.4. The molecule has 0 aliphatic carbocycles. The normalized spacial score (nSPS) is 13.4. The van der Waals surface area contributed by atoms with Gasteiger partial charge < -0.3 is 10.6 Å². The van der Waals surface area contributed by atoms with Crippen LogP contribution in [0.1, 0.15) is 26.8 Å². The minimum absolute atomic E-state index is 0.112. The lowest BCUT2D eigenvalue weighted by Crippen LogP contribution is -2.29. The highest BCUT2D eigenvalue weighted by Gasteiger charge is 2.21. The van der Waals surface area contributed by atoms with Crippen LogP contribution in [0, 0.1) is 0 Å². The third kappa shape index (κ3) is 3.47. The van der Waals surface area contributed by atoms with Crippen molar-refractivity contribution in [2.75, 3.05) is 13.1 Å². The Morgan fingerprint density at radius 2 is 2.16 bits per heavy atom. The molecule has 128 valence electrons. The van der Waals surface area contributed by atoms with Crippen LogP contribution in [0.15, 0.2) is 35.7 Å². The molecule has 0 radical (unpaired) electrons. The Kier molecular flexibility index (Phi) is 4.58. The number of carbonyl (C=O) groups excluding carboxylic acids is 1. The SMILES string of the molecule is O=C(NCCc1nc(-c2ccccc2)cs1)c1n[nH]c2c1CCNC2. The second kappa shape index (κ2) is 7.16. The van der Waals surface area contributed by atoms with E-state index in [1.807, 2.05) is 18.2 Å². The first-order chi connectivity index (χ1) is 12.3. The molecule has 0 spiro atoms. The fourth-order valence-corrected chi connectivity index (χ4v) is 3.77. The Morgan fingerprint density at radius 3 is 3.04 bits per heavy atom. The van der Waals surface area contributed by atoms with Gasteiger partial charge in [-0.05, 0) is 13.0 Å². The standard InChI is InChI=1S/C18H19N5OS/c24-18(17-13-6-8-19-10-14(13)22-23-17)20-9-7-16-21-15(11-25-16)12-4-2-1-3-5-12/h1-5,11,19H,6-10H2,(H,20,24)(H,22,23). The van der Waals surface area contributed by atoms with E-state index in [-0.39, 0.29) is 5.91 Å². The number of fused-ring (bicyclic) bond motifs is 1. The van der Waals surface area contributed by atoms with Crippen LogP contribution in [-0.2, 0) is 19.4 Å². The number of amides is 1. The van der Waals surface area contributed by atoms with Crippen LogP contribution in [0.3, 0.4) is 0 Å². The highest BCUT2D eigenvalue weighted by molar-refractivity contribution is 7.09. The fraction of sp³-hybridized carbons (Fsp3) is 0.278.